The first-order valence-corrected chi connectivity index (χ1v) is 7.90. The van der Waals surface area contributed by atoms with Crippen LogP contribution in [0.3, 0.4) is 0 Å². The first-order chi connectivity index (χ1) is 12.1. The largest absolute Gasteiger partial charge is 0.491 e. The number of hydrogen-bond donors (Lipinski definition) is 1. The van der Waals surface area contributed by atoms with Gasteiger partial charge in [0.1, 0.15) is 41.2 Å². The molecule has 1 aromatic carbocycles. The highest BCUT2D eigenvalue weighted by Crippen LogP contribution is 2.30. The summed E-state index contributed by atoms with van der Waals surface area (Å²) < 4.78 is 20.0. The maximum atomic E-state index is 14.2. The van der Waals surface area contributed by atoms with Gasteiger partial charge in [0, 0.05) is 0 Å². The second-order valence-electron chi connectivity index (χ2n) is 5.88. The third-order valence-electron chi connectivity index (χ3n) is 4.12. The Bertz CT molecular complexity index is 760. The van der Waals surface area contributed by atoms with E-state index < -0.39 is 11.4 Å². The van der Waals surface area contributed by atoms with Crippen molar-refractivity contribution in [3.8, 4) is 24.0 Å². The Hall–Kier alpha value is -3.08. The summed E-state index contributed by atoms with van der Waals surface area (Å²) in [7, 11) is 2.07. The molecule has 128 valence electrons. The number of likely N-dealkylation sites (tertiary alicyclic amines) is 1. The van der Waals surface area contributed by atoms with Gasteiger partial charge in [0.15, 0.2) is 5.57 Å². The molecule has 2 rings (SSSR count). The molecule has 0 unspecified atom stereocenters. The molecule has 0 saturated carbocycles. The predicted octanol–water partition coefficient (Wildman–Crippen LogP) is 2.78. The molecule has 0 spiro atoms. The first-order valence-electron chi connectivity index (χ1n) is 7.90. The molecule has 0 radical (unpaired) electrons. The molecule has 1 aromatic rings. The number of para-hydroxylation sites is 1. The van der Waals surface area contributed by atoms with Gasteiger partial charge >= 0.3 is 0 Å². The van der Waals surface area contributed by atoms with Crippen molar-refractivity contribution in [2.45, 2.75) is 12.8 Å². The van der Waals surface area contributed by atoms with Crippen LogP contribution in [0.4, 0.5) is 10.1 Å². The Kier molecular flexibility index (Phi) is 6.34. The van der Waals surface area contributed by atoms with Gasteiger partial charge in [-0.25, -0.2) is 4.39 Å². The fraction of sp³-hybridized carbons (Fsp3) is 0.389. The average molecular weight is 339 g/mol. The standard InChI is InChI=1S/C18H18FN5O/c1-24-7-5-13(6-8-24)12-25-17-4-2-3-15(19)18(17)23-16(11-22)14(9-20)10-21/h2-4,13,23H,5-8,12H2,1H3. The highest BCUT2D eigenvalue weighted by molar-refractivity contribution is 5.65. The molecular weight excluding hydrogens is 321 g/mol. The van der Waals surface area contributed by atoms with E-state index in [2.05, 4.69) is 17.3 Å². The number of allylic oxidation sites excluding steroid dienone is 2. The highest BCUT2D eigenvalue weighted by atomic mass is 19.1. The Labute approximate surface area is 146 Å². The molecule has 25 heavy (non-hydrogen) atoms. The SMILES string of the molecule is CN1CCC(COc2cccc(F)c2NC(C#N)=C(C#N)C#N)CC1. The van der Waals surface area contributed by atoms with Crippen molar-refractivity contribution >= 4 is 5.69 Å². The highest BCUT2D eigenvalue weighted by Gasteiger charge is 2.19. The number of hydrogen-bond acceptors (Lipinski definition) is 6. The van der Waals surface area contributed by atoms with Crippen LogP contribution in [0.25, 0.3) is 0 Å². The topological polar surface area (TPSA) is 95.9 Å². The van der Waals surface area contributed by atoms with Gasteiger partial charge in [-0.05, 0) is 51.0 Å². The molecule has 0 amide bonds. The van der Waals surface area contributed by atoms with Crippen LogP contribution >= 0.6 is 0 Å². The maximum Gasteiger partial charge on any atom is 0.163 e. The zero-order chi connectivity index (χ0) is 18.2. The molecule has 1 fully saturated rings. The normalized spacial score (nSPS) is 14.7. The Morgan fingerprint density at radius 2 is 1.92 bits per heavy atom. The van der Waals surface area contributed by atoms with Crippen LogP contribution in [0.15, 0.2) is 29.5 Å². The van der Waals surface area contributed by atoms with Crippen LogP contribution in [-0.4, -0.2) is 31.6 Å². The van der Waals surface area contributed by atoms with Crippen LogP contribution < -0.4 is 10.1 Å². The Morgan fingerprint density at radius 1 is 1.24 bits per heavy atom. The zero-order valence-corrected chi connectivity index (χ0v) is 13.9. The lowest BCUT2D eigenvalue weighted by molar-refractivity contribution is 0.160. The lowest BCUT2D eigenvalue weighted by Crippen LogP contribution is -2.32. The van der Waals surface area contributed by atoms with Gasteiger partial charge < -0.3 is 15.0 Å². The Balaban J connectivity index is 2.17. The van der Waals surface area contributed by atoms with Crippen LogP contribution in [0.2, 0.25) is 0 Å². The smallest absolute Gasteiger partial charge is 0.163 e. The zero-order valence-electron chi connectivity index (χ0n) is 13.9. The third kappa shape index (κ3) is 4.70. The molecule has 1 saturated heterocycles. The van der Waals surface area contributed by atoms with E-state index in [1.54, 1.807) is 24.3 Å². The quantitative estimate of drug-likeness (QED) is 0.829. The van der Waals surface area contributed by atoms with Crippen LogP contribution in [0.5, 0.6) is 5.75 Å². The molecule has 1 aliphatic rings. The van der Waals surface area contributed by atoms with Gasteiger partial charge in [-0.3, -0.25) is 0 Å². The molecule has 1 N–H and O–H groups in total. The van der Waals surface area contributed by atoms with Crippen molar-refractivity contribution in [1.29, 1.82) is 15.8 Å². The molecule has 0 atom stereocenters. The van der Waals surface area contributed by atoms with Crippen LogP contribution in [0.1, 0.15) is 12.8 Å². The number of piperidine rings is 1. The van der Waals surface area contributed by atoms with Crippen LogP contribution in [-0.2, 0) is 0 Å². The van der Waals surface area contributed by atoms with Crippen molar-refractivity contribution in [1.82, 2.24) is 4.90 Å². The van der Waals surface area contributed by atoms with Gasteiger partial charge in [0.2, 0.25) is 0 Å². The summed E-state index contributed by atoms with van der Waals surface area (Å²) in [5.41, 5.74) is -0.763. The van der Waals surface area contributed by atoms with E-state index in [0.717, 1.165) is 25.9 Å². The molecule has 0 aromatic heterocycles. The molecular formula is C18H18FN5O. The number of nitriles is 3. The van der Waals surface area contributed by atoms with E-state index in [1.807, 2.05) is 0 Å². The van der Waals surface area contributed by atoms with Gasteiger partial charge in [-0.1, -0.05) is 6.07 Å². The summed E-state index contributed by atoms with van der Waals surface area (Å²) in [5.74, 6) is 0.0119. The number of ether oxygens (including phenoxy) is 1. The number of rotatable bonds is 5. The number of nitrogens with one attached hydrogen (secondary N) is 1. The molecule has 6 nitrogen and oxygen atoms in total. The number of anilines is 1. The summed E-state index contributed by atoms with van der Waals surface area (Å²) in [6, 6.07) is 9.26. The van der Waals surface area contributed by atoms with E-state index in [4.69, 9.17) is 20.5 Å². The van der Waals surface area contributed by atoms with E-state index in [9.17, 15) is 4.39 Å². The summed E-state index contributed by atoms with van der Waals surface area (Å²) in [6.45, 7) is 2.44. The second-order valence-corrected chi connectivity index (χ2v) is 5.88. The van der Waals surface area contributed by atoms with E-state index in [-0.39, 0.29) is 17.1 Å². The summed E-state index contributed by atoms with van der Waals surface area (Å²) in [4.78, 5) is 2.25. The van der Waals surface area contributed by atoms with E-state index in [1.165, 1.54) is 12.1 Å². The van der Waals surface area contributed by atoms with Gasteiger partial charge in [0.05, 0.1) is 6.61 Å². The van der Waals surface area contributed by atoms with Crippen molar-refractivity contribution in [2.75, 3.05) is 32.1 Å². The molecule has 1 heterocycles. The minimum Gasteiger partial charge on any atom is -0.491 e. The van der Waals surface area contributed by atoms with Gasteiger partial charge in [-0.2, -0.15) is 15.8 Å². The van der Waals surface area contributed by atoms with Gasteiger partial charge in [-0.15, -0.1) is 0 Å². The average Bonchev–Trinajstić information content (AvgIpc) is 2.63. The molecule has 0 aliphatic carbocycles. The fourth-order valence-corrected chi connectivity index (χ4v) is 2.59. The fourth-order valence-electron chi connectivity index (χ4n) is 2.59. The summed E-state index contributed by atoms with van der Waals surface area (Å²) >= 11 is 0. The Morgan fingerprint density at radius 3 is 2.52 bits per heavy atom. The third-order valence-corrected chi connectivity index (χ3v) is 4.12. The van der Waals surface area contributed by atoms with Gasteiger partial charge in [0.25, 0.3) is 0 Å². The minimum absolute atomic E-state index is 0.0463. The number of benzene rings is 1. The van der Waals surface area contributed by atoms with Crippen molar-refractivity contribution in [3.63, 3.8) is 0 Å². The first kappa shape index (κ1) is 18.3. The lowest BCUT2D eigenvalue weighted by Gasteiger charge is -2.29. The second kappa shape index (κ2) is 8.68. The van der Waals surface area contributed by atoms with Crippen molar-refractivity contribution in [2.24, 2.45) is 5.92 Å². The lowest BCUT2D eigenvalue weighted by atomic mass is 9.98. The number of halogens is 1. The van der Waals surface area contributed by atoms with Crippen molar-refractivity contribution in [3.05, 3.63) is 35.3 Å². The molecule has 0 bridgehead atoms. The molecule has 7 heteroatoms. The number of nitrogens with zero attached hydrogens (tertiary/aromatic N) is 4. The summed E-state index contributed by atoms with van der Waals surface area (Å²) in [5, 5.41) is 29.4. The van der Waals surface area contributed by atoms with Crippen molar-refractivity contribution < 1.29 is 9.13 Å². The maximum absolute atomic E-state index is 14.2. The van der Waals surface area contributed by atoms with Crippen LogP contribution in [0, 0.1) is 45.7 Å². The monoisotopic (exact) mass is 339 g/mol. The van der Waals surface area contributed by atoms with E-state index >= 15 is 0 Å². The minimum atomic E-state index is -0.621. The van der Waals surface area contributed by atoms with E-state index in [0.29, 0.717) is 12.5 Å². The summed E-state index contributed by atoms with van der Waals surface area (Å²) in [6.07, 6.45) is 2.01. The molecule has 1 aliphatic heterocycles. The predicted molar refractivity (Wildman–Crippen MR) is 89.6 cm³/mol.